The topological polar surface area (TPSA) is 29.6 Å². The minimum atomic E-state index is -0.561. The van der Waals surface area contributed by atoms with Gasteiger partial charge in [-0.3, -0.25) is 4.79 Å². The van der Waals surface area contributed by atoms with E-state index < -0.39 is 5.60 Å². The van der Waals surface area contributed by atoms with Gasteiger partial charge in [-0.25, -0.2) is 0 Å². The molecule has 0 bridgehead atoms. The van der Waals surface area contributed by atoms with Crippen LogP contribution in [-0.4, -0.2) is 17.5 Å². The first-order chi connectivity index (χ1) is 4.76. The van der Waals surface area contributed by atoms with Gasteiger partial charge in [0.15, 0.2) is 11.4 Å². The maximum Gasteiger partial charge on any atom is 0.175 e. The molecule has 2 rings (SSSR count). The van der Waals surface area contributed by atoms with Crippen molar-refractivity contribution in [2.24, 2.45) is 0 Å². The maximum atomic E-state index is 11.0. The Hall–Kier alpha value is -0.890. The molecule has 0 aromatic rings. The van der Waals surface area contributed by atoms with Crippen molar-refractivity contribution in [3.05, 3.63) is 24.3 Å². The van der Waals surface area contributed by atoms with Crippen LogP contribution in [0.1, 0.15) is 6.92 Å². The molecular weight excluding hydrogens is 128 g/mol. The van der Waals surface area contributed by atoms with E-state index >= 15 is 0 Å². The van der Waals surface area contributed by atoms with Crippen molar-refractivity contribution in [3.63, 3.8) is 0 Å². The van der Waals surface area contributed by atoms with Gasteiger partial charge in [-0.05, 0) is 13.0 Å². The number of allylic oxidation sites excluding steroid dienone is 2. The molecular formula is C8H8O2. The molecule has 2 nitrogen and oxygen atoms in total. The lowest BCUT2D eigenvalue weighted by molar-refractivity contribution is -0.120. The van der Waals surface area contributed by atoms with E-state index in [1.54, 1.807) is 6.92 Å². The normalized spacial score (nSPS) is 41.1. The van der Waals surface area contributed by atoms with Gasteiger partial charge in [-0.1, -0.05) is 18.2 Å². The highest BCUT2D eigenvalue weighted by Gasteiger charge is 2.57. The number of fused-ring (bicyclic) bond motifs is 1. The Labute approximate surface area is 59.2 Å². The molecule has 52 valence electrons. The predicted octanol–water partition coefficient (Wildman–Crippen LogP) is 0.839. The number of hydrogen-bond donors (Lipinski definition) is 0. The van der Waals surface area contributed by atoms with Crippen LogP contribution in [0.3, 0.4) is 0 Å². The van der Waals surface area contributed by atoms with Crippen molar-refractivity contribution in [2.75, 3.05) is 0 Å². The van der Waals surface area contributed by atoms with Crippen molar-refractivity contribution in [1.82, 2.24) is 0 Å². The summed E-state index contributed by atoms with van der Waals surface area (Å²) in [5, 5.41) is 0. The van der Waals surface area contributed by atoms with Gasteiger partial charge < -0.3 is 4.74 Å². The summed E-state index contributed by atoms with van der Waals surface area (Å²) < 4.78 is 5.20. The third-order valence-electron chi connectivity index (χ3n) is 1.98. The van der Waals surface area contributed by atoms with E-state index in [9.17, 15) is 4.79 Å². The van der Waals surface area contributed by atoms with E-state index in [1.165, 1.54) is 0 Å². The molecule has 0 radical (unpaired) electrons. The summed E-state index contributed by atoms with van der Waals surface area (Å²) in [4.78, 5) is 11.0. The van der Waals surface area contributed by atoms with Crippen LogP contribution in [0.2, 0.25) is 0 Å². The molecule has 1 heterocycles. The van der Waals surface area contributed by atoms with E-state index in [1.807, 2.05) is 24.3 Å². The summed E-state index contributed by atoms with van der Waals surface area (Å²) in [6, 6.07) is 0. The van der Waals surface area contributed by atoms with Crippen molar-refractivity contribution in [3.8, 4) is 0 Å². The molecule has 2 aliphatic rings. The average Bonchev–Trinajstić information content (AvgIpc) is 2.61. The zero-order valence-electron chi connectivity index (χ0n) is 5.70. The number of carbonyl (C=O) groups excluding carboxylic acids is 1. The quantitative estimate of drug-likeness (QED) is 0.500. The molecule has 1 fully saturated rings. The number of ketones is 1. The van der Waals surface area contributed by atoms with Crippen LogP contribution in [0, 0.1) is 0 Å². The first kappa shape index (κ1) is 5.86. The smallest absolute Gasteiger partial charge is 0.175 e. The summed E-state index contributed by atoms with van der Waals surface area (Å²) in [5.74, 6) is 0.0955. The number of ether oxygens (including phenoxy) is 1. The third kappa shape index (κ3) is 0.543. The second kappa shape index (κ2) is 1.58. The molecule has 0 spiro atoms. The number of epoxide rings is 1. The van der Waals surface area contributed by atoms with Crippen LogP contribution in [0.25, 0.3) is 0 Å². The van der Waals surface area contributed by atoms with Crippen LogP contribution in [0.15, 0.2) is 24.3 Å². The van der Waals surface area contributed by atoms with E-state index in [2.05, 4.69) is 0 Å². The lowest BCUT2D eigenvalue weighted by atomic mass is 9.97. The lowest BCUT2D eigenvalue weighted by Gasteiger charge is -2.01. The van der Waals surface area contributed by atoms with Crippen LogP contribution in [0.5, 0.6) is 0 Å². The summed E-state index contributed by atoms with van der Waals surface area (Å²) in [6.07, 6.45) is 7.50. The SMILES string of the molecule is CC(=O)C12C=CC=CC1O2. The highest BCUT2D eigenvalue weighted by molar-refractivity contribution is 5.91. The molecule has 2 unspecified atom stereocenters. The van der Waals surface area contributed by atoms with Gasteiger partial charge in [0.25, 0.3) is 0 Å². The van der Waals surface area contributed by atoms with Crippen LogP contribution in [0.4, 0.5) is 0 Å². The number of rotatable bonds is 1. The minimum Gasteiger partial charge on any atom is -0.349 e. The predicted molar refractivity (Wildman–Crippen MR) is 36.6 cm³/mol. The maximum absolute atomic E-state index is 11.0. The van der Waals surface area contributed by atoms with Gasteiger partial charge in [-0.15, -0.1) is 0 Å². The molecule has 1 aliphatic heterocycles. The second-order valence-corrected chi connectivity index (χ2v) is 2.63. The van der Waals surface area contributed by atoms with E-state index in [0.717, 1.165) is 0 Å². The van der Waals surface area contributed by atoms with Crippen molar-refractivity contribution >= 4 is 5.78 Å². The Bertz CT molecular complexity index is 240. The Kier molecular flexibility index (Phi) is 0.926. The Morgan fingerprint density at radius 1 is 1.60 bits per heavy atom. The van der Waals surface area contributed by atoms with Gasteiger partial charge >= 0.3 is 0 Å². The highest BCUT2D eigenvalue weighted by Crippen LogP contribution is 2.41. The van der Waals surface area contributed by atoms with E-state index in [-0.39, 0.29) is 11.9 Å². The fourth-order valence-electron chi connectivity index (χ4n) is 1.26. The second-order valence-electron chi connectivity index (χ2n) is 2.63. The minimum absolute atomic E-state index is 0.0231. The molecule has 2 heteroatoms. The number of carbonyl (C=O) groups is 1. The highest BCUT2D eigenvalue weighted by atomic mass is 16.6. The summed E-state index contributed by atoms with van der Waals surface area (Å²) in [5.41, 5.74) is -0.561. The molecule has 1 aliphatic carbocycles. The molecule has 1 saturated heterocycles. The molecule has 0 amide bonds. The zero-order chi connectivity index (χ0) is 7.19. The number of hydrogen-bond acceptors (Lipinski definition) is 2. The van der Waals surface area contributed by atoms with Gasteiger partial charge in [0.05, 0.1) is 0 Å². The van der Waals surface area contributed by atoms with Crippen molar-refractivity contribution in [1.29, 1.82) is 0 Å². The first-order valence-electron chi connectivity index (χ1n) is 3.30. The Morgan fingerprint density at radius 2 is 2.40 bits per heavy atom. The molecule has 2 atom stereocenters. The summed E-state index contributed by atoms with van der Waals surface area (Å²) in [6.45, 7) is 1.56. The Morgan fingerprint density at radius 3 is 2.90 bits per heavy atom. The van der Waals surface area contributed by atoms with Crippen LogP contribution < -0.4 is 0 Å². The van der Waals surface area contributed by atoms with Crippen LogP contribution in [-0.2, 0) is 9.53 Å². The van der Waals surface area contributed by atoms with Gasteiger partial charge in [0, 0.05) is 0 Å². The monoisotopic (exact) mass is 136 g/mol. The Balaban J connectivity index is 2.31. The van der Waals surface area contributed by atoms with E-state index in [0.29, 0.717) is 0 Å². The first-order valence-corrected chi connectivity index (χ1v) is 3.30. The molecule has 0 N–H and O–H groups in total. The van der Waals surface area contributed by atoms with Gasteiger partial charge in [0.1, 0.15) is 6.10 Å². The summed E-state index contributed by atoms with van der Waals surface area (Å²) in [7, 11) is 0. The molecule has 10 heavy (non-hydrogen) atoms. The average molecular weight is 136 g/mol. The zero-order valence-corrected chi connectivity index (χ0v) is 5.70. The molecule has 0 aromatic heterocycles. The summed E-state index contributed by atoms with van der Waals surface area (Å²) >= 11 is 0. The molecule has 0 aromatic carbocycles. The fraction of sp³-hybridized carbons (Fsp3) is 0.375. The molecule has 0 saturated carbocycles. The number of Topliss-reactive ketones (excluding diaryl/α,β-unsaturated/α-hetero) is 1. The largest absolute Gasteiger partial charge is 0.349 e. The van der Waals surface area contributed by atoms with Crippen molar-refractivity contribution < 1.29 is 9.53 Å². The van der Waals surface area contributed by atoms with Gasteiger partial charge in [-0.2, -0.15) is 0 Å². The third-order valence-corrected chi connectivity index (χ3v) is 1.98. The standard InChI is InChI=1S/C8H8O2/c1-6(9)8-5-3-2-4-7(8)10-8/h2-5,7H,1H3. The van der Waals surface area contributed by atoms with Gasteiger partial charge in [0.2, 0.25) is 0 Å². The van der Waals surface area contributed by atoms with Crippen LogP contribution >= 0.6 is 0 Å². The fourth-order valence-corrected chi connectivity index (χ4v) is 1.26. The van der Waals surface area contributed by atoms with E-state index in [4.69, 9.17) is 4.74 Å². The lowest BCUT2D eigenvalue weighted by Crippen LogP contribution is -2.22. The van der Waals surface area contributed by atoms with Crippen molar-refractivity contribution in [2.45, 2.75) is 18.6 Å².